The molecule has 0 saturated carbocycles. The third-order valence-electron chi connectivity index (χ3n) is 5.38. The molecule has 0 saturated heterocycles. The summed E-state index contributed by atoms with van der Waals surface area (Å²) in [6.45, 7) is -0.512. The van der Waals surface area contributed by atoms with Crippen LogP contribution in [-0.2, 0) is 19.1 Å². The monoisotopic (exact) mass is 472 g/mol. The lowest BCUT2D eigenvalue weighted by Gasteiger charge is -2.25. The Bertz CT molecular complexity index is 521. The number of hydrogen-bond acceptors (Lipinski definition) is 7. The number of unbranched alkanes of at least 4 members (excludes halogenated alkanes) is 11. The van der Waals surface area contributed by atoms with Crippen LogP contribution in [0.25, 0.3) is 0 Å². The lowest BCUT2D eigenvalue weighted by atomic mass is 10.0. The maximum atomic E-state index is 10.8. The van der Waals surface area contributed by atoms with Gasteiger partial charge in [0.15, 0.2) is 0 Å². The first-order valence-corrected chi connectivity index (χ1v) is 12.2. The second kappa shape index (κ2) is 23.4. The summed E-state index contributed by atoms with van der Waals surface area (Å²) in [6, 6.07) is 0. The van der Waals surface area contributed by atoms with Crippen LogP contribution in [0.1, 0.15) is 83.5 Å². The van der Waals surface area contributed by atoms with E-state index in [1.807, 2.05) is 6.08 Å². The average Bonchev–Trinajstić information content (AvgIpc) is 2.80. The molecule has 0 fully saturated rings. The van der Waals surface area contributed by atoms with Gasteiger partial charge in [-0.2, -0.15) is 0 Å². The summed E-state index contributed by atoms with van der Waals surface area (Å²) in [7, 11) is 0. The summed E-state index contributed by atoms with van der Waals surface area (Å²) in [5.74, 6) is -0.924. The van der Waals surface area contributed by atoms with Crippen molar-refractivity contribution in [2.45, 2.75) is 102 Å². The lowest BCUT2D eigenvalue weighted by Crippen LogP contribution is -2.37. The Hall–Kier alpha value is -1.74. The first-order chi connectivity index (χ1) is 16.0. The fourth-order valence-corrected chi connectivity index (χ4v) is 3.49. The molecule has 0 aromatic carbocycles. The van der Waals surface area contributed by atoms with Crippen LogP contribution in [0.4, 0.5) is 0 Å². The number of aliphatic carboxylic acids is 1. The average molecular weight is 473 g/mol. The Balaban J connectivity index is 3.65. The first kappa shape index (κ1) is 31.3. The molecule has 3 atom stereocenters. The minimum atomic E-state index is -1.02. The molecule has 0 amide bonds. The summed E-state index contributed by atoms with van der Waals surface area (Å²) in [6.07, 6.45) is 18.5. The number of hydrogen-bond donors (Lipinski definition) is 4. The van der Waals surface area contributed by atoms with Gasteiger partial charge >= 0.3 is 5.97 Å². The molecule has 192 valence electrons. The second-order valence-corrected chi connectivity index (χ2v) is 8.25. The van der Waals surface area contributed by atoms with Crippen LogP contribution >= 0.6 is 0 Å². The smallest absolute Gasteiger partial charge is 0.328 e. The number of carboxylic acid groups (broad SMARTS) is 1. The van der Waals surface area contributed by atoms with Crippen molar-refractivity contribution in [2.75, 3.05) is 19.8 Å². The third kappa shape index (κ3) is 20.6. The fourth-order valence-electron chi connectivity index (χ4n) is 3.49. The van der Waals surface area contributed by atoms with E-state index >= 15 is 0 Å². The SMILES string of the molecule is O=COC(CCCCCCCCCCCCC/C=C/C=C/C(=O)O)C(CO)OCC(O)CO. The van der Waals surface area contributed by atoms with E-state index in [0.29, 0.717) is 12.9 Å². The molecular weight excluding hydrogens is 428 g/mol. The van der Waals surface area contributed by atoms with Crippen molar-refractivity contribution in [3.8, 4) is 0 Å². The van der Waals surface area contributed by atoms with Crippen LogP contribution in [0, 0.1) is 0 Å². The minimum Gasteiger partial charge on any atom is -0.478 e. The Morgan fingerprint density at radius 2 is 1.36 bits per heavy atom. The number of carboxylic acids is 1. The lowest BCUT2D eigenvalue weighted by molar-refractivity contribution is -0.149. The maximum Gasteiger partial charge on any atom is 0.328 e. The van der Waals surface area contributed by atoms with E-state index in [1.165, 1.54) is 44.9 Å². The number of carbonyl (C=O) groups is 2. The zero-order chi connectivity index (χ0) is 24.6. The number of aliphatic hydroxyl groups excluding tert-OH is 3. The van der Waals surface area contributed by atoms with Crippen LogP contribution in [0.15, 0.2) is 24.3 Å². The highest BCUT2D eigenvalue weighted by molar-refractivity contribution is 5.80. The number of aliphatic hydroxyl groups is 3. The molecule has 8 nitrogen and oxygen atoms in total. The largest absolute Gasteiger partial charge is 0.478 e. The molecule has 0 aromatic heterocycles. The van der Waals surface area contributed by atoms with Gasteiger partial charge in [0.05, 0.1) is 19.8 Å². The fraction of sp³-hybridized carbons (Fsp3) is 0.760. The van der Waals surface area contributed by atoms with Gasteiger partial charge in [0.1, 0.15) is 18.3 Å². The summed E-state index contributed by atoms with van der Waals surface area (Å²) < 4.78 is 10.4. The summed E-state index contributed by atoms with van der Waals surface area (Å²) in [5, 5.41) is 36.1. The maximum absolute atomic E-state index is 10.8. The number of rotatable bonds is 24. The Morgan fingerprint density at radius 3 is 1.88 bits per heavy atom. The van der Waals surface area contributed by atoms with Gasteiger partial charge in [-0.15, -0.1) is 0 Å². The third-order valence-corrected chi connectivity index (χ3v) is 5.38. The van der Waals surface area contributed by atoms with Crippen LogP contribution < -0.4 is 0 Å². The topological polar surface area (TPSA) is 134 Å². The van der Waals surface area contributed by atoms with E-state index in [9.17, 15) is 19.8 Å². The van der Waals surface area contributed by atoms with E-state index in [2.05, 4.69) is 0 Å². The highest BCUT2D eigenvalue weighted by Gasteiger charge is 2.23. The van der Waals surface area contributed by atoms with Crippen molar-refractivity contribution in [3.63, 3.8) is 0 Å². The molecule has 3 unspecified atom stereocenters. The predicted octanol–water partition coefficient (Wildman–Crippen LogP) is 3.53. The van der Waals surface area contributed by atoms with E-state index in [-0.39, 0.29) is 13.2 Å². The summed E-state index contributed by atoms with van der Waals surface area (Å²) in [4.78, 5) is 21.1. The molecule has 4 N–H and O–H groups in total. The standard InChI is InChI=1S/C25H44O8/c26-18-22(29)20-32-24(19-27)23(33-21-28)16-14-12-10-8-6-4-2-1-3-5-7-9-11-13-15-17-25(30)31/h11,13,15,17,21-24,26-27,29H,1-10,12,14,16,18-20H2,(H,30,31)/b13-11+,17-15+. The van der Waals surface area contributed by atoms with Crippen molar-refractivity contribution < 1.29 is 39.5 Å². The predicted molar refractivity (Wildman–Crippen MR) is 127 cm³/mol. The van der Waals surface area contributed by atoms with Gasteiger partial charge in [0.2, 0.25) is 0 Å². The van der Waals surface area contributed by atoms with Crippen LogP contribution in [0.3, 0.4) is 0 Å². The number of ether oxygens (including phenoxy) is 2. The summed E-state index contributed by atoms with van der Waals surface area (Å²) in [5.41, 5.74) is 0. The Morgan fingerprint density at radius 1 is 0.788 bits per heavy atom. The van der Waals surface area contributed by atoms with Crippen molar-refractivity contribution in [2.24, 2.45) is 0 Å². The van der Waals surface area contributed by atoms with Crippen molar-refractivity contribution in [1.29, 1.82) is 0 Å². The highest BCUT2D eigenvalue weighted by atomic mass is 16.6. The molecular formula is C25H44O8. The summed E-state index contributed by atoms with van der Waals surface area (Å²) >= 11 is 0. The normalized spacial score (nSPS) is 14.5. The zero-order valence-electron chi connectivity index (χ0n) is 19.9. The number of allylic oxidation sites excluding steroid dienone is 3. The van der Waals surface area contributed by atoms with Crippen molar-refractivity contribution >= 4 is 12.4 Å². The van der Waals surface area contributed by atoms with Crippen LogP contribution in [0.2, 0.25) is 0 Å². The Labute approximate surface area is 198 Å². The molecule has 0 aromatic rings. The van der Waals surface area contributed by atoms with E-state index < -0.39 is 30.9 Å². The van der Waals surface area contributed by atoms with Gasteiger partial charge in [-0.1, -0.05) is 76.0 Å². The molecule has 0 radical (unpaired) electrons. The molecule has 0 heterocycles. The van der Waals surface area contributed by atoms with Gasteiger partial charge < -0.3 is 29.9 Å². The van der Waals surface area contributed by atoms with Gasteiger partial charge in [-0.25, -0.2) is 4.79 Å². The van der Waals surface area contributed by atoms with E-state index in [0.717, 1.165) is 38.2 Å². The molecule has 0 aliphatic rings. The Kier molecular flexibility index (Phi) is 22.2. The highest BCUT2D eigenvalue weighted by Crippen LogP contribution is 2.16. The quantitative estimate of drug-likeness (QED) is 0.0726. The minimum absolute atomic E-state index is 0.121. The zero-order valence-corrected chi connectivity index (χ0v) is 19.9. The van der Waals surface area contributed by atoms with Crippen molar-refractivity contribution in [3.05, 3.63) is 24.3 Å². The van der Waals surface area contributed by atoms with Gasteiger partial charge in [0, 0.05) is 6.08 Å². The second-order valence-electron chi connectivity index (χ2n) is 8.25. The number of carbonyl (C=O) groups excluding carboxylic acids is 1. The van der Waals surface area contributed by atoms with Gasteiger partial charge in [-0.05, 0) is 25.7 Å². The van der Waals surface area contributed by atoms with Crippen LogP contribution in [-0.4, -0.2) is 71.0 Å². The molecule has 0 rings (SSSR count). The molecule has 0 spiro atoms. The molecule has 0 aliphatic carbocycles. The molecule has 0 aliphatic heterocycles. The first-order valence-electron chi connectivity index (χ1n) is 12.2. The molecule has 0 bridgehead atoms. The molecule has 33 heavy (non-hydrogen) atoms. The van der Waals surface area contributed by atoms with E-state index in [4.69, 9.17) is 19.7 Å². The van der Waals surface area contributed by atoms with Gasteiger partial charge in [-0.3, -0.25) is 4.79 Å². The van der Waals surface area contributed by atoms with Crippen molar-refractivity contribution in [1.82, 2.24) is 0 Å². The van der Waals surface area contributed by atoms with Gasteiger partial charge in [0.25, 0.3) is 6.47 Å². The van der Waals surface area contributed by atoms with E-state index in [1.54, 1.807) is 12.2 Å². The van der Waals surface area contributed by atoms with Crippen LogP contribution in [0.5, 0.6) is 0 Å². The molecule has 8 heteroatoms.